The van der Waals surface area contributed by atoms with E-state index in [1.165, 1.54) is 0 Å². The Hall–Kier alpha value is -2.62. The summed E-state index contributed by atoms with van der Waals surface area (Å²) in [4.78, 5) is 16.6. The van der Waals surface area contributed by atoms with Crippen LogP contribution in [0.1, 0.15) is 28.4 Å². The predicted octanol–water partition coefficient (Wildman–Crippen LogP) is 3.80. The summed E-state index contributed by atoms with van der Waals surface area (Å²) in [5, 5.41) is 6.13. The lowest BCUT2D eigenvalue weighted by Crippen LogP contribution is -2.15. The van der Waals surface area contributed by atoms with Crippen molar-refractivity contribution in [3.8, 4) is 0 Å². The molecule has 2 N–H and O–H groups in total. The van der Waals surface area contributed by atoms with Crippen LogP contribution in [0.5, 0.6) is 0 Å². The molecule has 1 aromatic carbocycles. The summed E-state index contributed by atoms with van der Waals surface area (Å²) in [5.74, 6) is -0.154. The third kappa shape index (κ3) is 3.73. The SMILES string of the molecule is C=CCNc1cncc(C(=O)Nc2c(C)cccc2CC)c1. The molecule has 0 aliphatic carbocycles. The minimum Gasteiger partial charge on any atom is -0.380 e. The number of carbonyl (C=O) groups is 1. The molecule has 2 rings (SSSR count). The Kier molecular flexibility index (Phi) is 5.31. The van der Waals surface area contributed by atoms with E-state index in [0.717, 1.165) is 28.9 Å². The Balaban J connectivity index is 2.21. The van der Waals surface area contributed by atoms with Crippen LogP contribution in [0.2, 0.25) is 0 Å². The summed E-state index contributed by atoms with van der Waals surface area (Å²) < 4.78 is 0. The van der Waals surface area contributed by atoms with Gasteiger partial charge in [-0.1, -0.05) is 31.2 Å². The zero-order valence-corrected chi connectivity index (χ0v) is 13.0. The van der Waals surface area contributed by atoms with Gasteiger partial charge in [-0.25, -0.2) is 0 Å². The molecule has 0 aliphatic rings. The van der Waals surface area contributed by atoms with Gasteiger partial charge in [0, 0.05) is 24.6 Å². The smallest absolute Gasteiger partial charge is 0.257 e. The second-order valence-corrected chi connectivity index (χ2v) is 5.05. The quantitative estimate of drug-likeness (QED) is 0.797. The molecule has 0 radical (unpaired) electrons. The highest BCUT2D eigenvalue weighted by molar-refractivity contribution is 6.05. The molecule has 2 aromatic rings. The van der Waals surface area contributed by atoms with Crippen molar-refractivity contribution in [2.24, 2.45) is 0 Å². The third-order valence-electron chi connectivity index (χ3n) is 3.43. The lowest BCUT2D eigenvalue weighted by molar-refractivity contribution is 0.102. The topological polar surface area (TPSA) is 54.0 Å². The average Bonchev–Trinajstić information content (AvgIpc) is 2.55. The number of hydrogen-bond acceptors (Lipinski definition) is 3. The fourth-order valence-electron chi connectivity index (χ4n) is 2.24. The van der Waals surface area contributed by atoms with Crippen LogP contribution in [0, 0.1) is 6.92 Å². The highest BCUT2D eigenvalue weighted by Crippen LogP contribution is 2.22. The number of benzene rings is 1. The van der Waals surface area contributed by atoms with Crippen LogP contribution >= 0.6 is 0 Å². The monoisotopic (exact) mass is 295 g/mol. The Morgan fingerprint density at radius 1 is 1.36 bits per heavy atom. The average molecular weight is 295 g/mol. The summed E-state index contributed by atoms with van der Waals surface area (Å²) in [6, 6.07) is 7.82. The molecule has 0 atom stereocenters. The van der Waals surface area contributed by atoms with E-state index in [1.807, 2.05) is 25.1 Å². The van der Waals surface area contributed by atoms with Crippen molar-refractivity contribution in [2.75, 3.05) is 17.2 Å². The number of pyridine rings is 1. The molecule has 1 aromatic heterocycles. The van der Waals surface area contributed by atoms with E-state index in [0.29, 0.717) is 12.1 Å². The van der Waals surface area contributed by atoms with Gasteiger partial charge < -0.3 is 10.6 Å². The van der Waals surface area contributed by atoms with Crippen molar-refractivity contribution >= 4 is 17.3 Å². The van der Waals surface area contributed by atoms with Gasteiger partial charge in [0.25, 0.3) is 5.91 Å². The van der Waals surface area contributed by atoms with Crippen molar-refractivity contribution in [3.63, 3.8) is 0 Å². The second-order valence-electron chi connectivity index (χ2n) is 5.05. The number of anilines is 2. The molecule has 0 saturated carbocycles. The van der Waals surface area contributed by atoms with Gasteiger partial charge in [0.05, 0.1) is 11.3 Å². The molecule has 1 heterocycles. The number of hydrogen-bond donors (Lipinski definition) is 2. The zero-order chi connectivity index (χ0) is 15.9. The molecule has 0 aliphatic heterocycles. The molecular weight excluding hydrogens is 274 g/mol. The first-order valence-corrected chi connectivity index (χ1v) is 7.35. The number of para-hydroxylation sites is 1. The van der Waals surface area contributed by atoms with E-state index in [9.17, 15) is 4.79 Å². The Bertz CT molecular complexity index is 680. The van der Waals surface area contributed by atoms with Gasteiger partial charge in [-0.05, 0) is 30.5 Å². The molecule has 114 valence electrons. The number of nitrogens with zero attached hydrogens (tertiary/aromatic N) is 1. The van der Waals surface area contributed by atoms with Crippen LogP contribution in [0.4, 0.5) is 11.4 Å². The molecule has 4 nitrogen and oxygen atoms in total. The Labute approximate surface area is 131 Å². The van der Waals surface area contributed by atoms with Crippen LogP contribution in [-0.2, 0) is 6.42 Å². The fourth-order valence-corrected chi connectivity index (χ4v) is 2.24. The fraction of sp³-hybridized carbons (Fsp3) is 0.222. The van der Waals surface area contributed by atoms with E-state index in [-0.39, 0.29) is 5.91 Å². The summed E-state index contributed by atoms with van der Waals surface area (Å²) in [5.41, 5.74) is 4.40. The molecule has 1 amide bonds. The number of rotatable bonds is 6. The molecule has 0 spiro atoms. The van der Waals surface area contributed by atoms with Crippen molar-refractivity contribution in [3.05, 3.63) is 66.0 Å². The van der Waals surface area contributed by atoms with Crippen molar-refractivity contribution in [1.29, 1.82) is 0 Å². The maximum Gasteiger partial charge on any atom is 0.257 e. The summed E-state index contributed by atoms with van der Waals surface area (Å²) >= 11 is 0. The Morgan fingerprint density at radius 3 is 2.91 bits per heavy atom. The number of amides is 1. The van der Waals surface area contributed by atoms with Crippen LogP contribution in [0.3, 0.4) is 0 Å². The normalized spacial score (nSPS) is 10.1. The molecule has 0 bridgehead atoms. The highest BCUT2D eigenvalue weighted by atomic mass is 16.1. The van der Waals surface area contributed by atoms with Crippen molar-refractivity contribution < 1.29 is 4.79 Å². The lowest BCUT2D eigenvalue weighted by atomic mass is 10.1. The van der Waals surface area contributed by atoms with Crippen molar-refractivity contribution in [1.82, 2.24) is 4.98 Å². The van der Waals surface area contributed by atoms with E-state index in [2.05, 4.69) is 29.1 Å². The van der Waals surface area contributed by atoms with Gasteiger partial charge in [0.1, 0.15) is 0 Å². The van der Waals surface area contributed by atoms with E-state index >= 15 is 0 Å². The first kappa shape index (κ1) is 15.8. The maximum atomic E-state index is 12.5. The van der Waals surface area contributed by atoms with Crippen LogP contribution < -0.4 is 10.6 Å². The van der Waals surface area contributed by atoms with Gasteiger partial charge in [0.15, 0.2) is 0 Å². The maximum absolute atomic E-state index is 12.5. The van der Waals surface area contributed by atoms with E-state index in [4.69, 9.17) is 0 Å². The minimum atomic E-state index is -0.154. The zero-order valence-electron chi connectivity index (χ0n) is 13.0. The standard InChI is InChI=1S/C18H21N3O/c1-4-9-20-16-10-15(11-19-12-16)18(22)21-17-13(3)7-6-8-14(17)5-2/h4,6-8,10-12,20H,1,5,9H2,2-3H3,(H,21,22). The largest absolute Gasteiger partial charge is 0.380 e. The predicted molar refractivity (Wildman–Crippen MR) is 91.4 cm³/mol. The van der Waals surface area contributed by atoms with E-state index in [1.54, 1.807) is 24.5 Å². The first-order chi connectivity index (χ1) is 10.7. The molecule has 4 heteroatoms. The molecule has 0 saturated heterocycles. The van der Waals surface area contributed by atoms with Crippen LogP contribution in [0.15, 0.2) is 49.3 Å². The van der Waals surface area contributed by atoms with Gasteiger partial charge in [0.2, 0.25) is 0 Å². The summed E-state index contributed by atoms with van der Waals surface area (Å²) in [6.45, 7) is 8.36. The third-order valence-corrected chi connectivity index (χ3v) is 3.43. The summed E-state index contributed by atoms with van der Waals surface area (Å²) in [7, 11) is 0. The van der Waals surface area contributed by atoms with Gasteiger partial charge in [-0.15, -0.1) is 6.58 Å². The second kappa shape index (κ2) is 7.41. The molecule has 22 heavy (non-hydrogen) atoms. The molecule has 0 unspecified atom stereocenters. The molecule has 0 fully saturated rings. The van der Waals surface area contributed by atoms with Crippen LogP contribution in [-0.4, -0.2) is 17.4 Å². The van der Waals surface area contributed by atoms with Crippen molar-refractivity contribution in [2.45, 2.75) is 20.3 Å². The van der Waals surface area contributed by atoms with Gasteiger partial charge in [-0.3, -0.25) is 9.78 Å². The number of nitrogens with one attached hydrogen (secondary N) is 2. The highest BCUT2D eigenvalue weighted by Gasteiger charge is 2.11. The number of carbonyl (C=O) groups excluding carboxylic acids is 1. The van der Waals surface area contributed by atoms with Gasteiger partial charge >= 0.3 is 0 Å². The molecular formula is C18H21N3O. The summed E-state index contributed by atoms with van der Waals surface area (Å²) in [6.07, 6.45) is 5.88. The Morgan fingerprint density at radius 2 is 2.18 bits per heavy atom. The minimum absolute atomic E-state index is 0.154. The lowest BCUT2D eigenvalue weighted by Gasteiger charge is -2.13. The number of aryl methyl sites for hydroxylation is 2. The number of aromatic nitrogens is 1. The first-order valence-electron chi connectivity index (χ1n) is 7.35. The van der Waals surface area contributed by atoms with Crippen LogP contribution in [0.25, 0.3) is 0 Å². The van der Waals surface area contributed by atoms with E-state index < -0.39 is 0 Å². The van der Waals surface area contributed by atoms with Gasteiger partial charge in [-0.2, -0.15) is 0 Å².